The number of rotatable bonds is 7. The Kier molecular flexibility index (Phi) is 6.89. The fourth-order valence-corrected chi connectivity index (χ4v) is 4.09. The van der Waals surface area contributed by atoms with Crippen molar-refractivity contribution in [3.63, 3.8) is 0 Å². The molecule has 0 bridgehead atoms. The lowest BCUT2D eigenvalue weighted by molar-refractivity contribution is -0.120. The van der Waals surface area contributed by atoms with Gasteiger partial charge >= 0.3 is 0 Å². The summed E-state index contributed by atoms with van der Waals surface area (Å²) in [5, 5.41) is 4.33. The summed E-state index contributed by atoms with van der Waals surface area (Å²) < 4.78 is 12.2. The number of nitrogens with zero attached hydrogens (tertiary/aromatic N) is 1. The average Bonchev–Trinajstić information content (AvgIpc) is 3.13. The van der Waals surface area contributed by atoms with Gasteiger partial charge in [-0.3, -0.25) is 14.2 Å². The molecule has 7 heteroatoms. The van der Waals surface area contributed by atoms with Crippen LogP contribution in [-0.2, 0) is 17.8 Å². The number of carbonyl (C=O) groups excluding carboxylic acids is 2. The zero-order valence-corrected chi connectivity index (χ0v) is 20.0. The highest BCUT2D eigenvalue weighted by Gasteiger charge is 2.22. The third-order valence-corrected chi connectivity index (χ3v) is 6.07. The van der Waals surface area contributed by atoms with Gasteiger partial charge in [0.25, 0.3) is 5.91 Å². The molecule has 1 aromatic heterocycles. The van der Waals surface area contributed by atoms with Crippen LogP contribution in [0.15, 0.2) is 66.7 Å². The van der Waals surface area contributed by atoms with Gasteiger partial charge in [0, 0.05) is 28.2 Å². The van der Waals surface area contributed by atoms with Crippen LogP contribution in [0, 0.1) is 6.92 Å². The van der Waals surface area contributed by atoms with Crippen LogP contribution in [0.5, 0.6) is 11.5 Å². The van der Waals surface area contributed by atoms with Gasteiger partial charge in [-0.1, -0.05) is 23.7 Å². The molecular weight excluding hydrogens is 452 g/mol. The minimum atomic E-state index is -0.186. The molecule has 1 N–H and O–H groups in total. The number of methoxy groups -OCH3 is 2. The van der Waals surface area contributed by atoms with Crippen molar-refractivity contribution in [3.8, 4) is 11.5 Å². The molecule has 0 saturated carbocycles. The number of aromatic nitrogens is 1. The third kappa shape index (κ3) is 4.77. The topological polar surface area (TPSA) is 69.6 Å². The molecule has 0 atom stereocenters. The molecule has 1 heterocycles. The molecule has 0 spiro atoms. The lowest BCUT2D eigenvalue weighted by Gasteiger charge is -2.09. The van der Waals surface area contributed by atoms with Gasteiger partial charge in [-0.05, 0) is 72.6 Å². The van der Waals surface area contributed by atoms with E-state index < -0.39 is 0 Å². The fourth-order valence-electron chi connectivity index (χ4n) is 3.96. The van der Waals surface area contributed by atoms with Crippen LogP contribution in [-0.4, -0.2) is 30.6 Å². The van der Waals surface area contributed by atoms with Crippen molar-refractivity contribution in [2.24, 2.45) is 0 Å². The van der Waals surface area contributed by atoms with E-state index in [2.05, 4.69) is 5.32 Å². The molecule has 0 aliphatic carbocycles. The third-order valence-electron chi connectivity index (χ3n) is 5.82. The monoisotopic (exact) mass is 476 g/mol. The van der Waals surface area contributed by atoms with E-state index in [-0.39, 0.29) is 18.2 Å². The molecule has 6 nitrogen and oxygen atoms in total. The van der Waals surface area contributed by atoms with Crippen LogP contribution >= 0.6 is 11.6 Å². The van der Waals surface area contributed by atoms with Crippen LogP contribution < -0.4 is 14.8 Å². The Labute approximate surface area is 203 Å². The lowest BCUT2D eigenvalue weighted by atomic mass is 10.1. The predicted molar refractivity (Wildman–Crippen MR) is 133 cm³/mol. The molecular formula is C27H25ClN2O4. The normalized spacial score (nSPS) is 10.8. The van der Waals surface area contributed by atoms with Gasteiger partial charge in [-0.25, -0.2) is 0 Å². The predicted octanol–water partition coefficient (Wildman–Crippen LogP) is 5.17. The first-order valence-corrected chi connectivity index (χ1v) is 11.2. The fraction of sp³-hybridized carbons (Fsp3) is 0.185. The Morgan fingerprint density at radius 1 is 0.912 bits per heavy atom. The van der Waals surface area contributed by atoms with Crippen LogP contribution in [0.4, 0.5) is 0 Å². The summed E-state index contributed by atoms with van der Waals surface area (Å²) in [7, 11) is 3.20. The van der Waals surface area contributed by atoms with Crippen molar-refractivity contribution in [1.29, 1.82) is 0 Å². The lowest BCUT2D eigenvalue weighted by Crippen LogP contribution is -2.25. The van der Waals surface area contributed by atoms with E-state index in [1.807, 2.05) is 43.3 Å². The highest BCUT2D eigenvalue weighted by molar-refractivity contribution is 6.30. The second kappa shape index (κ2) is 10.0. The molecule has 0 radical (unpaired) electrons. The zero-order valence-electron chi connectivity index (χ0n) is 19.2. The summed E-state index contributed by atoms with van der Waals surface area (Å²) in [6.45, 7) is 2.25. The first kappa shape index (κ1) is 23.4. The Bertz CT molecular complexity index is 1340. The van der Waals surface area contributed by atoms with Gasteiger partial charge in [-0.2, -0.15) is 0 Å². The van der Waals surface area contributed by atoms with E-state index in [1.54, 1.807) is 49.1 Å². The van der Waals surface area contributed by atoms with E-state index in [0.717, 1.165) is 27.8 Å². The highest BCUT2D eigenvalue weighted by Crippen LogP contribution is 2.31. The van der Waals surface area contributed by atoms with Gasteiger partial charge in [0.05, 0.1) is 26.2 Å². The van der Waals surface area contributed by atoms with E-state index in [9.17, 15) is 9.59 Å². The number of nitrogens with one attached hydrogen (secondary N) is 1. The molecule has 0 fully saturated rings. The average molecular weight is 477 g/mol. The molecule has 0 unspecified atom stereocenters. The molecule has 34 heavy (non-hydrogen) atoms. The number of fused-ring (bicyclic) bond motifs is 1. The van der Waals surface area contributed by atoms with Gasteiger partial charge in [0.1, 0.15) is 11.5 Å². The maximum Gasteiger partial charge on any atom is 0.262 e. The molecule has 0 aliphatic rings. The Balaban J connectivity index is 1.64. The minimum absolute atomic E-state index is 0.132. The summed E-state index contributed by atoms with van der Waals surface area (Å²) in [4.78, 5) is 26.3. The van der Waals surface area contributed by atoms with Crippen LogP contribution in [0.3, 0.4) is 0 Å². The maximum atomic E-state index is 13.4. The molecule has 4 rings (SSSR count). The molecule has 4 aromatic rings. The summed E-state index contributed by atoms with van der Waals surface area (Å²) >= 11 is 5.99. The van der Waals surface area contributed by atoms with E-state index in [4.69, 9.17) is 21.1 Å². The van der Waals surface area contributed by atoms with Crippen molar-refractivity contribution in [1.82, 2.24) is 9.88 Å². The van der Waals surface area contributed by atoms with Crippen LogP contribution in [0.25, 0.3) is 10.9 Å². The first-order valence-electron chi connectivity index (χ1n) is 10.8. The smallest absolute Gasteiger partial charge is 0.262 e. The summed E-state index contributed by atoms with van der Waals surface area (Å²) in [6.07, 6.45) is 0.132. The highest BCUT2D eigenvalue weighted by atomic mass is 35.5. The van der Waals surface area contributed by atoms with Crippen molar-refractivity contribution in [2.75, 3.05) is 14.2 Å². The SMILES string of the molecule is COc1ccc(CNC(=O)Cc2c(C)n(C(=O)c3ccc(Cl)cc3)c3ccc(OC)cc23)cc1. The number of carbonyl (C=O) groups is 2. The van der Waals surface area contributed by atoms with E-state index in [1.165, 1.54) is 0 Å². The molecule has 0 saturated heterocycles. The number of benzene rings is 3. The summed E-state index contributed by atoms with van der Waals surface area (Å²) in [6, 6.07) is 19.8. The Hall–Kier alpha value is -3.77. The largest absolute Gasteiger partial charge is 0.497 e. The number of hydrogen-bond acceptors (Lipinski definition) is 4. The van der Waals surface area contributed by atoms with Crippen LogP contribution in [0.1, 0.15) is 27.2 Å². The quantitative estimate of drug-likeness (QED) is 0.399. The summed E-state index contributed by atoms with van der Waals surface area (Å²) in [5.74, 6) is 1.09. The van der Waals surface area contributed by atoms with E-state index >= 15 is 0 Å². The minimum Gasteiger partial charge on any atom is -0.497 e. The number of ether oxygens (including phenoxy) is 2. The van der Waals surface area contributed by atoms with Crippen molar-refractivity contribution in [2.45, 2.75) is 19.9 Å². The second-order valence-corrected chi connectivity index (χ2v) is 8.33. The van der Waals surface area contributed by atoms with Gasteiger partial charge < -0.3 is 14.8 Å². The Morgan fingerprint density at radius 3 is 2.21 bits per heavy atom. The van der Waals surface area contributed by atoms with Gasteiger partial charge in [-0.15, -0.1) is 0 Å². The van der Waals surface area contributed by atoms with E-state index in [0.29, 0.717) is 28.6 Å². The summed E-state index contributed by atoms with van der Waals surface area (Å²) in [5.41, 5.74) is 3.69. The molecule has 3 aromatic carbocycles. The number of hydrogen-bond donors (Lipinski definition) is 1. The molecule has 0 aliphatic heterocycles. The van der Waals surface area contributed by atoms with Crippen LogP contribution in [0.2, 0.25) is 5.02 Å². The number of amides is 1. The second-order valence-electron chi connectivity index (χ2n) is 7.90. The molecule has 174 valence electrons. The first-order chi connectivity index (χ1) is 16.4. The zero-order chi connectivity index (χ0) is 24.2. The standard InChI is InChI=1S/C27H25ClN2O4/c1-17-23(15-26(31)29-16-18-4-10-21(33-2)11-5-18)24-14-22(34-3)12-13-25(24)30(17)27(32)19-6-8-20(28)9-7-19/h4-14H,15-16H2,1-3H3,(H,29,31). The number of halogens is 1. The van der Waals surface area contributed by atoms with Gasteiger partial charge in [0.15, 0.2) is 0 Å². The molecule has 1 amide bonds. The maximum absolute atomic E-state index is 13.4. The van der Waals surface area contributed by atoms with Crippen molar-refractivity contribution >= 4 is 34.3 Å². The van der Waals surface area contributed by atoms with Gasteiger partial charge in [0.2, 0.25) is 5.91 Å². The van der Waals surface area contributed by atoms with Crippen molar-refractivity contribution in [3.05, 3.63) is 94.1 Å². The van der Waals surface area contributed by atoms with Crippen molar-refractivity contribution < 1.29 is 19.1 Å². The Morgan fingerprint density at radius 2 is 1.56 bits per heavy atom.